The third-order valence-corrected chi connectivity index (χ3v) is 2.32. The molecule has 0 radical (unpaired) electrons. The summed E-state index contributed by atoms with van der Waals surface area (Å²) in [5.41, 5.74) is 0. The molecule has 0 saturated carbocycles. The zero-order valence-electron chi connectivity index (χ0n) is 10.4. The van der Waals surface area contributed by atoms with Gasteiger partial charge in [-0.05, 0) is 6.92 Å². The van der Waals surface area contributed by atoms with Crippen LogP contribution in [0.3, 0.4) is 0 Å². The first kappa shape index (κ1) is 13.5. The Bertz CT molecular complexity index is 338. The lowest BCUT2D eigenvalue weighted by Gasteiger charge is -2.08. The Morgan fingerprint density at radius 1 is 1.53 bits per heavy atom. The summed E-state index contributed by atoms with van der Waals surface area (Å²) in [6.45, 7) is 4.58. The molecule has 1 rings (SSSR count). The monoisotopic (exact) mass is 240 g/mol. The summed E-state index contributed by atoms with van der Waals surface area (Å²) >= 11 is 0. The molecule has 0 spiro atoms. The molecule has 0 aliphatic heterocycles. The number of carbonyl (C=O) groups is 1. The van der Waals surface area contributed by atoms with Gasteiger partial charge in [0.05, 0.1) is 6.61 Å². The maximum absolute atomic E-state index is 11.4. The van der Waals surface area contributed by atoms with Crippen molar-refractivity contribution in [2.75, 3.05) is 32.1 Å². The highest BCUT2D eigenvalue weighted by atomic mass is 16.5. The highest BCUT2D eigenvalue weighted by Crippen LogP contribution is 2.03. The van der Waals surface area contributed by atoms with Gasteiger partial charge in [-0.2, -0.15) is 0 Å². The fraction of sp³-hybridized carbons (Fsp3) is 0.636. The molecule has 1 amide bonds. The molecule has 0 unspecified atom stereocenters. The van der Waals surface area contributed by atoms with Crippen LogP contribution < -0.4 is 10.6 Å². The number of imidazole rings is 1. The average molecular weight is 240 g/mol. The van der Waals surface area contributed by atoms with Gasteiger partial charge in [0.1, 0.15) is 0 Å². The average Bonchev–Trinajstić information content (AvgIpc) is 2.77. The zero-order valence-corrected chi connectivity index (χ0v) is 10.4. The molecule has 0 aromatic carbocycles. The van der Waals surface area contributed by atoms with Gasteiger partial charge in [0.15, 0.2) is 0 Å². The number of amides is 1. The van der Waals surface area contributed by atoms with Crippen molar-refractivity contribution in [3.05, 3.63) is 12.4 Å². The molecule has 1 aromatic rings. The van der Waals surface area contributed by atoms with Gasteiger partial charge in [0.2, 0.25) is 11.9 Å². The SMILES string of the molecule is CCn1ccnc1NCCC(=O)NCCOC. The van der Waals surface area contributed by atoms with E-state index in [0.29, 0.717) is 26.1 Å². The Balaban J connectivity index is 2.17. The number of hydrogen-bond acceptors (Lipinski definition) is 4. The Kier molecular flexibility index (Phi) is 6.09. The van der Waals surface area contributed by atoms with Crippen molar-refractivity contribution in [3.8, 4) is 0 Å². The summed E-state index contributed by atoms with van der Waals surface area (Å²) < 4.78 is 6.83. The number of carbonyl (C=O) groups excluding carboxylic acids is 1. The molecule has 96 valence electrons. The minimum atomic E-state index is 0.0177. The Labute approximate surface area is 101 Å². The van der Waals surface area contributed by atoms with Crippen molar-refractivity contribution < 1.29 is 9.53 Å². The van der Waals surface area contributed by atoms with E-state index < -0.39 is 0 Å². The lowest BCUT2D eigenvalue weighted by molar-refractivity contribution is -0.121. The van der Waals surface area contributed by atoms with E-state index in [1.165, 1.54) is 0 Å². The van der Waals surface area contributed by atoms with E-state index >= 15 is 0 Å². The minimum absolute atomic E-state index is 0.0177. The third-order valence-electron chi connectivity index (χ3n) is 2.32. The molecule has 0 saturated heterocycles. The van der Waals surface area contributed by atoms with Gasteiger partial charge in [-0.25, -0.2) is 4.98 Å². The molecule has 17 heavy (non-hydrogen) atoms. The smallest absolute Gasteiger partial charge is 0.221 e. The first-order valence-electron chi connectivity index (χ1n) is 5.78. The number of aromatic nitrogens is 2. The van der Waals surface area contributed by atoms with Gasteiger partial charge in [-0.1, -0.05) is 0 Å². The van der Waals surface area contributed by atoms with Crippen LogP contribution in [-0.2, 0) is 16.1 Å². The number of ether oxygens (including phenoxy) is 1. The molecule has 6 nitrogen and oxygen atoms in total. The van der Waals surface area contributed by atoms with Crippen molar-refractivity contribution >= 4 is 11.9 Å². The van der Waals surface area contributed by atoms with Crippen LogP contribution in [-0.4, -0.2) is 42.3 Å². The topological polar surface area (TPSA) is 68.2 Å². The largest absolute Gasteiger partial charge is 0.383 e. The quantitative estimate of drug-likeness (QED) is 0.648. The van der Waals surface area contributed by atoms with Gasteiger partial charge in [0.25, 0.3) is 0 Å². The van der Waals surface area contributed by atoms with Crippen LogP contribution in [0.25, 0.3) is 0 Å². The first-order chi connectivity index (χ1) is 8.27. The first-order valence-corrected chi connectivity index (χ1v) is 5.78. The van der Waals surface area contributed by atoms with E-state index in [0.717, 1.165) is 12.5 Å². The van der Waals surface area contributed by atoms with Gasteiger partial charge in [-0.3, -0.25) is 4.79 Å². The summed E-state index contributed by atoms with van der Waals surface area (Å²) in [6.07, 6.45) is 4.08. The lowest BCUT2D eigenvalue weighted by Crippen LogP contribution is -2.28. The number of rotatable bonds is 8. The van der Waals surface area contributed by atoms with Crippen LogP contribution in [0.5, 0.6) is 0 Å². The number of anilines is 1. The second kappa shape index (κ2) is 7.67. The second-order valence-electron chi connectivity index (χ2n) is 3.56. The number of nitrogens with zero attached hydrogens (tertiary/aromatic N) is 2. The molecule has 0 bridgehead atoms. The van der Waals surface area contributed by atoms with Gasteiger partial charge < -0.3 is 19.9 Å². The third kappa shape index (κ3) is 4.86. The normalized spacial score (nSPS) is 10.2. The van der Waals surface area contributed by atoms with Crippen molar-refractivity contribution in [1.82, 2.24) is 14.9 Å². The summed E-state index contributed by atoms with van der Waals surface area (Å²) in [4.78, 5) is 15.5. The molecule has 0 aliphatic rings. The minimum Gasteiger partial charge on any atom is -0.383 e. The molecule has 1 heterocycles. The van der Waals surface area contributed by atoms with Crippen molar-refractivity contribution in [1.29, 1.82) is 0 Å². The van der Waals surface area contributed by atoms with Gasteiger partial charge in [0, 0.05) is 45.6 Å². The van der Waals surface area contributed by atoms with Crippen LogP contribution in [0.1, 0.15) is 13.3 Å². The Morgan fingerprint density at radius 2 is 2.35 bits per heavy atom. The maximum Gasteiger partial charge on any atom is 0.221 e. The Morgan fingerprint density at radius 3 is 3.06 bits per heavy atom. The second-order valence-corrected chi connectivity index (χ2v) is 3.56. The molecule has 0 fully saturated rings. The fourth-order valence-electron chi connectivity index (χ4n) is 1.40. The molecule has 6 heteroatoms. The van der Waals surface area contributed by atoms with E-state index in [-0.39, 0.29) is 5.91 Å². The summed E-state index contributed by atoms with van der Waals surface area (Å²) in [5.74, 6) is 0.821. The molecule has 2 N–H and O–H groups in total. The zero-order chi connectivity index (χ0) is 12.5. The fourth-order valence-corrected chi connectivity index (χ4v) is 1.40. The number of nitrogens with one attached hydrogen (secondary N) is 2. The molecule has 0 aliphatic carbocycles. The van der Waals surface area contributed by atoms with E-state index in [4.69, 9.17) is 4.74 Å². The van der Waals surface area contributed by atoms with E-state index in [2.05, 4.69) is 15.6 Å². The molecule has 0 atom stereocenters. The van der Waals surface area contributed by atoms with Crippen LogP contribution in [0, 0.1) is 0 Å². The number of methoxy groups -OCH3 is 1. The van der Waals surface area contributed by atoms with Crippen LogP contribution >= 0.6 is 0 Å². The van der Waals surface area contributed by atoms with Crippen molar-refractivity contribution in [2.24, 2.45) is 0 Å². The predicted octanol–water partition coefficient (Wildman–Crippen LogP) is 0.468. The van der Waals surface area contributed by atoms with Gasteiger partial charge in [-0.15, -0.1) is 0 Å². The van der Waals surface area contributed by atoms with Crippen molar-refractivity contribution in [3.63, 3.8) is 0 Å². The van der Waals surface area contributed by atoms with Crippen molar-refractivity contribution in [2.45, 2.75) is 19.9 Å². The van der Waals surface area contributed by atoms with E-state index in [1.807, 2.05) is 17.7 Å². The maximum atomic E-state index is 11.4. The van der Waals surface area contributed by atoms with E-state index in [9.17, 15) is 4.79 Å². The predicted molar refractivity (Wildman–Crippen MR) is 65.9 cm³/mol. The lowest BCUT2D eigenvalue weighted by atomic mass is 10.4. The summed E-state index contributed by atoms with van der Waals surface area (Å²) in [6, 6.07) is 0. The standard InChI is InChI=1S/C11H20N4O2/c1-3-15-8-6-14-11(15)13-5-4-10(16)12-7-9-17-2/h6,8H,3-5,7,9H2,1-2H3,(H,12,16)(H,13,14). The molecular formula is C11H20N4O2. The number of aryl methyl sites for hydroxylation is 1. The highest BCUT2D eigenvalue weighted by molar-refractivity contribution is 5.76. The molecule has 1 aromatic heterocycles. The van der Waals surface area contributed by atoms with Crippen LogP contribution in [0.15, 0.2) is 12.4 Å². The van der Waals surface area contributed by atoms with Gasteiger partial charge >= 0.3 is 0 Å². The van der Waals surface area contributed by atoms with E-state index in [1.54, 1.807) is 13.3 Å². The number of hydrogen-bond donors (Lipinski definition) is 2. The Hall–Kier alpha value is -1.56. The van der Waals surface area contributed by atoms with Crippen LogP contribution in [0.4, 0.5) is 5.95 Å². The summed E-state index contributed by atoms with van der Waals surface area (Å²) in [7, 11) is 1.61. The highest BCUT2D eigenvalue weighted by Gasteiger charge is 2.02. The molecular weight excluding hydrogens is 220 g/mol. The van der Waals surface area contributed by atoms with Crippen LogP contribution in [0.2, 0.25) is 0 Å². The summed E-state index contributed by atoms with van der Waals surface area (Å²) in [5, 5.41) is 5.89.